The molecule has 2 heterocycles. The number of benzene rings is 1. The molecule has 1 aromatic carbocycles. The molecule has 2 atom stereocenters. The Morgan fingerprint density at radius 3 is 2.90 bits per heavy atom. The average Bonchev–Trinajstić information content (AvgIpc) is 2.79. The summed E-state index contributed by atoms with van der Waals surface area (Å²) in [5.74, 6) is -0.711. The van der Waals surface area contributed by atoms with E-state index in [4.69, 9.17) is 16.3 Å². The van der Waals surface area contributed by atoms with Crippen molar-refractivity contribution in [2.75, 3.05) is 13.2 Å². The first-order chi connectivity index (χ1) is 9.58. The quantitative estimate of drug-likeness (QED) is 0.785. The minimum atomic E-state index is -0.658. The summed E-state index contributed by atoms with van der Waals surface area (Å²) in [5, 5.41) is -0.383. The molecule has 0 aliphatic carbocycles. The zero-order valence-corrected chi connectivity index (χ0v) is 11.8. The predicted octanol–water partition coefficient (Wildman–Crippen LogP) is 3.97. The van der Waals surface area contributed by atoms with Crippen molar-refractivity contribution >= 4 is 22.6 Å². The van der Waals surface area contributed by atoms with E-state index in [1.165, 1.54) is 6.07 Å². The monoisotopic (exact) mass is 300 g/mol. The van der Waals surface area contributed by atoms with Crippen LogP contribution in [-0.2, 0) is 4.74 Å². The third-order valence-corrected chi connectivity index (χ3v) is 3.79. The van der Waals surface area contributed by atoms with Gasteiger partial charge in [0.15, 0.2) is 5.82 Å². The lowest BCUT2D eigenvalue weighted by atomic mass is 10.1. The zero-order valence-electron chi connectivity index (χ0n) is 11.1. The van der Waals surface area contributed by atoms with E-state index in [0.29, 0.717) is 17.9 Å². The first kappa shape index (κ1) is 13.8. The molecule has 0 saturated carbocycles. The van der Waals surface area contributed by atoms with Gasteiger partial charge in [0.25, 0.3) is 0 Å². The summed E-state index contributed by atoms with van der Waals surface area (Å²) in [7, 11) is 0. The third kappa shape index (κ3) is 2.29. The van der Waals surface area contributed by atoms with Crippen LogP contribution >= 0.6 is 11.6 Å². The molecule has 0 N–H and O–H groups in total. The molecule has 3 rings (SSSR count). The van der Waals surface area contributed by atoms with Gasteiger partial charge in [0.05, 0.1) is 23.5 Å². The van der Waals surface area contributed by atoms with E-state index in [2.05, 4.69) is 4.98 Å². The molecule has 2 aromatic rings. The maximum atomic E-state index is 13.9. The highest BCUT2D eigenvalue weighted by molar-refractivity contribution is 6.20. The number of rotatable bonds is 2. The second-order valence-electron chi connectivity index (χ2n) is 5.08. The molecular weight excluding hydrogens is 286 g/mol. The van der Waals surface area contributed by atoms with Gasteiger partial charge in [-0.25, -0.2) is 13.8 Å². The molecule has 2 unspecified atom stereocenters. The van der Waals surface area contributed by atoms with Crippen LogP contribution in [0.1, 0.15) is 37.0 Å². The number of imidazole rings is 1. The van der Waals surface area contributed by atoms with Gasteiger partial charge < -0.3 is 9.30 Å². The van der Waals surface area contributed by atoms with Crippen molar-refractivity contribution in [3.8, 4) is 0 Å². The number of alkyl halides is 1. The molecule has 1 saturated heterocycles. The summed E-state index contributed by atoms with van der Waals surface area (Å²) in [4.78, 5) is 4.26. The average molecular weight is 301 g/mol. The van der Waals surface area contributed by atoms with Gasteiger partial charge in [0.1, 0.15) is 17.2 Å². The van der Waals surface area contributed by atoms with E-state index in [0.717, 1.165) is 25.5 Å². The molecular formula is C14H15ClF2N2O. The third-order valence-electron chi connectivity index (χ3n) is 3.60. The second kappa shape index (κ2) is 5.30. The number of hydrogen-bond donors (Lipinski definition) is 0. The number of hydrogen-bond acceptors (Lipinski definition) is 2. The van der Waals surface area contributed by atoms with Crippen LogP contribution in [0, 0.1) is 11.6 Å². The molecule has 1 fully saturated rings. The van der Waals surface area contributed by atoms with Gasteiger partial charge in [-0.05, 0) is 25.8 Å². The highest BCUT2D eigenvalue weighted by atomic mass is 35.5. The molecule has 3 nitrogen and oxygen atoms in total. The molecule has 1 aromatic heterocycles. The van der Waals surface area contributed by atoms with Crippen molar-refractivity contribution in [1.29, 1.82) is 0 Å². The lowest BCUT2D eigenvalue weighted by Gasteiger charge is -2.26. The molecule has 6 heteroatoms. The second-order valence-corrected chi connectivity index (χ2v) is 5.74. The van der Waals surface area contributed by atoms with Crippen molar-refractivity contribution in [3.05, 3.63) is 29.6 Å². The van der Waals surface area contributed by atoms with Crippen LogP contribution in [0.3, 0.4) is 0 Å². The Hall–Kier alpha value is -1.20. The number of aromatic nitrogens is 2. The Morgan fingerprint density at radius 2 is 2.25 bits per heavy atom. The highest BCUT2D eigenvalue weighted by Gasteiger charge is 2.25. The van der Waals surface area contributed by atoms with Crippen LogP contribution in [0.25, 0.3) is 11.0 Å². The van der Waals surface area contributed by atoms with Crippen molar-refractivity contribution in [2.45, 2.75) is 31.2 Å². The smallest absolute Gasteiger partial charge is 0.153 e. The SMILES string of the molecule is CC(Cl)c1nc2c(F)cc(F)cc2n1C1CCCOC1. The van der Waals surface area contributed by atoms with Crippen LogP contribution < -0.4 is 0 Å². The number of nitrogens with zero attached hydrogens (tertiary/aromatic N) is 2. The minimum absolute atomic E-state index is 0.0196. The predicted molar refractivity (Wildman–Crippen MR) is 73.0 cm³/mol. The van der Waals surface area contributed by atoms with Crippen LogP contribution in [0.4, 0.5) is 8.78 Å². The molecule has 1 aliphatic heterocycles. The van der Waals surface area contributed by atoms with Crippen LogP contribution in [0.5, 0.6) is 0 Å². The number of fused-ring (bicyclic) bond motifs is 1. The maximum Gasteiger partial charge on any atom is 0.153 e. The normalized spacial score (nSPS) is 21.3. The topological polar surface area (TPSA) is 27.1 Å². The Labute approximate surface area is 120 Å². The Bertz CT molecular complexity index is 636. The van der Waals surface area contributed by atoms with E-state index in [1.807, 2.05) is 4.57 Å². The summed E-state index contributed by atoms with van der Waals surface area (Å²) in [6, 6.07) is 2.17. The summed E-state index contributed by atoms with van der Waals surface area (Å²) in [6.45, 7) is 3.01. The van der Waals surface area contributed by atoms with E-state index < -0.39 is 11.6 Å². The van der Waals surface area contributed by atoms with E-state index in [9.17, 15) is 8.78 Å². The van der Waals surface area contributed by atoms with Crippen molar-refractivity contribution < 1.29 is 13.5 Å². The molecule has 0 radical (unpaired) electrons. The molecule has 1 aliphatic rings. The van der Waals surface area contributed by atoms with Crippen LogP contribution in [-0.4, -0.2) is 22.8 Å². The Kier molecular flexibility index (Phi) is 3.65. The zero-order chi connectivity index (χ0) is 14.3. The van der Waals surface area contributed by atoms with Gasteiger partial charge in [-0.3, -0.25) is 0 Å². The molecule has 0 amide bonds. The summed E-state index contributed by atoms with van der Waals surface area (Å²) in [6.07, 6.45) is 1.80. The lowest BCUT2D eigenvalue weighted by Crippen LogP contribution is -2.23. The Balaban J connectivity index is 2.22. The minimum Gasteiger partial charge on any atom is -0.379 e. The fraction of sp³-hybridized carbons (Fsp3) is 0.500. The first-order valence-corrected chi connectivity index (χ1v) is 7.10. The first-order valence-electron chi connectivity index (χ1n) is 6.66. The molecule has 0 spiro atoms. The maximum absolute atomic E-state index is 13.9. The largest absolute Gasteiger partial charge is 0.379 e. The standard InChI is InChI=1S/C14H15ClF2N2O/c1-8(15)14-18-13-11(17)5-9(16)6-12(13)19(14)10-3-2-4-20-7-10/h5-6,8,10H,2-4,7H2,1H3. The lowest BCUT2D eigenvalue weighted by molar-refractivity contribution is 0.0595. The molecule has 20 heavy (non-hydrogen) atoms. The van der Waals surface area contributed by atoms with Crippen LogP contribution in [0.15, 0.2) is 12.1 Å². The number of ether oxygens (including phenoxy) is 1. The van der Waals surface area contributed by atoms with Gasteiger partial charge in [0, 0.05) is 12.7 Å². The van der Waals surface area contributed by atoms with Crippen molar-refractivity contribution in [1.82, 2.24) is 9.55 Å². The summed E-state index contributed by atoms with van der Waals surface area (Å²) >= 11 is 6.15. The molecule has 108 valence electrons. The van der Waals surface area contributed by atoms with E-state index in [-0.39, 0.29) is 16.9 Å². The fourth-order valence-electron chi connectivity index (χ4n) is 2.73. The van der Waals surface area contributed by atoms with Gasteiger partial charge in [-0.2, -0.15) is 0 Å². The van der Waals surface area contributed by atoms with E-state index >= 15 is 0 Å². The molecule has 0 bridgehead atoms. The van der Waals surface area contributed by atoms with Gasteiger partial charge in [-0.1, -0.05) is 0 Å². The van der Waals surface area contributed by atoms with Crippen molar-refractivity contribution in [3.63, 3.8) is 0 Å². The fourth-order valence-corrected chi connectivity index (χ4v) is 2.88. The van der Waals surface area contributed by atoms with Crippen LogP contribution in [0.2, 0.25) is 0 Å². The van der Waals surface area contributed by atoms with Gasteiger partial charge >= 0.3 is 0 Å². The Morgan fingerprint density at radius 1 is 1.45 bits per heavy atom. The van der Waals surface area contributed by atoms with E-state index in [1.54, 1.807) is 6.92 Å². The van der Waals surface area contributed by atoms with Gasteiger partial charge in [0.2, 0.25) is 0 Å². The van der Waals surface area contributed by atoms with Crippen molar-refractivity contribution in [2.24, 2.45) is 0 Å². The highest BCUT2D eigenvalue weighted by Crippen LogP contribution is 2.32. The van der Waals surface area contributed by atoms with Gasteiger partial charge in [-0.15, -0.1) is 11.6 Å². The number of halogens is 3. The summed E-state index contributed by atoms with van der Waals surface area (Å²) in [5.41, 5.74) is 0.611. The summed E-state index contributed by atoms with van der Waals surface area (Å²) < 4.78 is 34.7.